The van der Waals surface area contributed by atoms with E-state index in [1.165, 1.54) is 0 Å². The van der Waals surface area contributed by atoms with Gasteiger partial charge in [-0.3, -0.25) is 15.0 Å². The average molecular weight is 257 g/mol. The van der Waals surface area contributed by atoms with Crippen molar-refractivity contribution >= 4 is 30.8 Å². The molecule has 15 heavy (non-hydrogen) atoms. The SMILES string of the molecule is CC1(C(=O)O)NCCN2CCCC21.Cl.Cl. The van der Waals surface area contributed by atoms with Gasteiger partial charge in [-0.1, -0.05) is 0 Å². The molecule has 0 aromatic heterocycles. The van der Waals surface area contributed by atoms with E-state index in [1.807, 2.05) is 0 Å². The van der Waals surface area contributed by atoms with Gasteiger partial charge < -0.3 is 5.11 Å². The van der Waals surface area contributed by atoms with E-state index in [2.05, 4.69) is 10.2 Å². The summed E-state index contributed by atoms with van der Waals surface area (Å²) < 4.78 is 0. The third-order valence-corrected chi connectivity index (χ3v) is 3.37. The predicted octanol–water partition coefficient (Wildman–Crippen LogP) is 0.741. The zero-order valence-electron chi connectivity index (χ0n) is 8.73. The lowest BCUT2D eigenvalue weighted by Crippen LogP contribution is -2.67. The standard InChI is InChI=1S/C9H16N2O2.2ClH/c1-9(8(12)13)7-3-2-5-11(7)6-4-10-9;;/h7,10H,2-6H2,1H3,(H,12,13);2*1H. The van der Waals surface area contributed by atoms with Gasteiger partial charge >= 0.3 is 5.97 Å². The lowest BCUT2D eigenvalue weighted by Gasteiger charge is -2.42. The molecule has 6 heteroatoms. The second kappa shape index (κ2) is 5.34. The van der Waals surface area contributed by atoms with Crippen molar-refractivity contribution in [1.29, 1.82) is 0 Å². The van der Waals surface area contributed by atoms with Crippen LogP contribution in [-0.2, 0) is 4.79 Å². The Morgan fingerprint density at radius 2 is 2.13 bits per heavy atom. The van der Waals surface area contributed by atoms with Gasteiger partial charge in [0.2, 0.25) is 0 Å². The lowest BCUT2D eigenvalue weighted by molar-refractivity contribution is -0.148. The third-order valence-electron chi connectivity index (χ3n) is 3.37. The smallest absolute Gasteiger partial charge is 0.325 e. The van der Waals surface area contributed by atoms with Crippen LogP contribution in [0, 0.1) is 0 Å². The fraction of sp³-hybridized carbons (Fsp3) is 0.889. The minimum absolute atomic E-state index is 0. The molecule has 2 atom stereocenters. The molecule has 4 nitrogen and oxygen atoms in total. The molecule has 0 aromatic rings. The van der Waals surface area contributed by atoms with Crippen LogP contribution < -0.4 is 5.32 Å². The Bertz CT molecular complexity index is 240. The number of nitrogens with zero attached hydrogens (tertiary/aromatic N) is 1. The number of carbonyl (C=O) groups is 1. The first kappa shape index (κ1) is 15.0. The zero-order chi connectivity index (χ0) is 9.47. The number of rotatable bonds is 1. The summed E-state index contributed by atoms with van der Waals surface area (Å²) in [6.07, 6.45) is 2.14. The Morgan fingerprint density at radius 1 is 1.47 bits per heavy atom. The quantitative estimate of drug-likeness (QED) is 0.727. The molecule has 2 saturated heterocycles. The topological polar surface area (TPSA) is 52.6 Å². The van der Waals surface area contributed by atoms with Gasteiger partial charge in [0.1, 0.15) is 5.54 Å². The van der Waals surface area contributed by atoms with Crippen molar-refractivity contribution in [3.8, 4) is 0 Å². The lowest BCUT2D eigenvalue weighted by atomic mass is 9.88. The largest absolute Gasteiger partial charge is 0.480 e. The highest BCUT2D eigenvalue weighted by Crippen LogP contribution is 2.29. The summed E-state index contributed by atoms with van der Waals surface area (Å²) in [4.78, 5) is 13.4. The van der Waals surface area contributed by atoms with Gasteiger partial charge in [-0.25, -0.2) is 0 Å². The fourth-order valence-electron chi connectivity index (χ4n) is 2.54. The fourth-order valence-corrected chi connectivity index (χ4v) is 2.54. The van der Waals surface area contributed by atoms with Gasteiger partial charge in [-0.2, -0.15) is 0 Å². The van der Waals surface area contributed by atoms with E-state index in [1.54, 1.807) is 6.92 Å². The van der Waals surface area contributed by atoms with Crippen LogP contribution in [0.15, 0.2) is 0 Å². The summed E-state index contributed by atoms with van der Waals surface area (Å²) in [5.74, 6) is -0.718. The molecule has 2 heterocycles. The molecule has 0 aliphatic carbocycles. The maximum atomic E-state index is 11.1. The Balaban J connectivity index is 0.000000980. The van der Waals surface area contributed by atoms with Crippen LogP contribution in [0.4, 0.5) is 0 Å². The van der Waals surface area contributed by atoms with Crippen molar-refractivity contribution in [2.24, 2.45) is 0 Å². The summed E-state index contributed by atoms with van der Waals surface area (Å²) in [5.41, 5.74) is -0.727. The molecule has 0 aromatic carbocycles. The first-order valence-electron chi connectivity index (χ1n) is 4.87. The number of piperazine rings is 1. The molecular formula is C9H18Cl2N2O2. The van der Waals surface area contributed by atoms with Crippen molar-refractivity contribution in [1.82, 2.24) is 10.2 Å². The van der Waals surface area contributed by atoms with Crippen LogP contribution in [0.1, 0.15) is 19.8 Å². The molecule has 2 N–H and O–H groups in total. The van der Waals surface area contributed by atoms with E-state index in [9.17, 15) is 4.79 Å². The van der Waals surface area contributed by atoms with Gasteiger partial charge in [0.25, 0.3) is 0 Å². The summed E-state index contributed by atoms with van der Waals surface area (Å²) in [5, 5.41) is 12.3. The number of nitrogens with one attached hydrogen (secondary N) is 1. The van der Waals surface area contributed by atoms with Crippen molar-refractivity contribution in [3.05, 3.63) is 0 Å². The van der Waals surface area contributed by atoms with E-state index < -0.39 is 11.5 Å². The van der Waals surface area contributed by atoms with Crippen LogP contribution in [0.2, 0.25) is 0 Å². The molecule has 2 unspecified atom stereocenters. The molecule has 0 bridgehead atoms. The van der Waals surface area contributed by atoms with Crippen molar-refractivity contribution in [2.75, 3.05) is 19.6 Å². The first-order valence-corrected chi connectivity index (χ1v) is 4.87. The highest BCUT2D eigenvalue weighted by molar-refractivity contribution is 5.85. The molecule has 2 aliphatic heterocycles. The molecule has 0 saturated carbocycles. The number of hydrogen-bond donors (Lipinski definition) is 2. The summed E-state index contributed by atoms with van der Waals surface area (Å²) in [7, 11) is 0. The zero-order valence-corrected chi connectivity index (χ0v) is 10.4. The second-order valence-electron chi connectivity index (χ2n) is 4.13. The van der Waals surface area contributed by atoms with E-state index in [-0.39, 0.29) is 30.9 Å². The number of carboxylic acid groups (broad SMARTS) is 1. The van der Waals surface area contributed by atoms with Gasteiger partial charge in [-0.05, 0) is 26.3 Å². The summed E-state index contributed by atoms with van der Waals surface area (Å²) >= 11 is 0. The van der Waals surface area contributed by atoms with E-state index in [0.29, 0.717) is 0 Å². The molecule has 90 valence electrons. The van der Waals surface area contributed by atoms with Gasteiger partial charge in [0.15, 0.2) is 0 Å². The van der Waals surface area contributed by atoms with E-state index >= 15 is 0 Å². The van der Waals surface area contributed by atoms with Crippen LogP contribution >= 0.6 is 24.8 Å². The monoisotopic (exact) mass is 256 g/mol. The number of aliphatic carboxylic acids is 1. The second-order valence-corrected chi connectivity index (χ2v) is 4.13. The van der Waals surface area contributed by atoms with Crippen LogP contribution in [0.5, 0.6) is 0 Å². The summed E-state index contributed by atoms with van der Waals surface area (Å²) in [6.45, 7) is 4.65. The normalized spacial score (nSPS) is 34.9. The van der Waals surface area contributed by atoms with Gasteiger partial charge in [0.05, 0.1) is 0 Å². The molecule has 0 spiro atoms. The van der Waals surface area contributed by atoms with E-state index in [4.69, 9.17) is 5.11 Å². The molecule has 2 fully saturated rings. The Hall–Kier alpha value is -0.0300. The number of hydrogen-bond acceptors (Lipinski definition) is 3. The molecule has 0 amide bonds. The number of fused-ring (bicyclic) bond motifs is 1. The Kier molecular flexibility index (Phi) is 5.33. The predicted molar refractivity (Wildman–Crippen MR) is 63.1 cm³/mol. The Labute approximate surface area is 102 Å². The van der Waals surface area contributed by atoms with Crippen LogP contribution in [-0.4, -0.2) is 47.2 Å². The van der Waals surface area contributed by atoms with Crippen molar-refractivity contribution < 1.29 is 9.90 Å². The molecule has 2 rings (SSSR count). The first-order chi connectivity index (χ1) is 6.14. The number of halogens is 2. The molecular weight excluding hydrogens is 239 g/mol. The Morgan fingerprint density at radius 3 is 2.73 bits per heavy atom. The minimum Gasteiger partial charge on any atom is -0.480 e. The molecule has 0 radical (unpaired) electrons. The van der Waals surface area contributed by atoms with Crippen molar-refractivity contribution in [3.63, 3.8) is 0 Å². The third kappa shape index (κ3) is 2.38. The van der Waals surface area contributed by atoms with Gasteiger partial charge in [-0.15, -0.1) is 24.8 Å². The van der Waals surface area contributed by atoms with Crippen LogP contribution in [0.25, 0.3) is 0 Å². The van der Waals surface area contributed by atoms with Crippen LogP contribution in [0.3, 0.4) is 0 Å². The highest BCUT2D eigenvalue weighted by atomic mass is 35.5. The maximum Gasteiger partial charge on any atom is 0.325 e. The van der Waals surface area contributed by atoms with E-state index in [0.717, 1.165) is 32.5 Å². The summed E-state index contributed by atoms with van der Waals surface area (Å²) in [6, 6.07) is 0.193. The maximum absolute atomic E-state index is 11.1. The average Bonchev–Trinajstić information content (AvgIpc) is 2.53. The highest BCUT2D eigenvalue weighted by Gasteiger charge is 2.48. The minimum atomic E-state index is -0.727. The number of carboxylic acids is 1. The van der Waals surface area contributed by atoms with Gasteiger partial charge in [0, 0.05) is 19.1 Å². The van der Waals surface area contributed by atoms with Crippen molar-refractivity contribution in [2.45, 2.75) is 31.3 Å². The molecule has 2 aliphatic rings.